The summed E-state index contributed by atoms with van der Waals surface area (Å²) in [5, 5.41) is 13.3. The van der Waals surface area contributed by atoms with Crippen molar-refractivity contribution in [1.29, 1.82) is 0 Å². The molecule has 114 valence electrons. The van der Waals surface area contributed by atoms with Crippen LogP contribution in [0.2, 0.25) is 0 Å². The Morgan fingerprint density at radius 2 is 2.00 bits per heavy atom. The quantitative estimate of drug-likeness (QED) is 0.807. The van der Waals surface area contributed by atoms with Crippen molar-refractivity contribution in [2.45, 2.75) is 32.4 Å². The molecule has 2 rings (SSSR count). The largest absolute Gasteiger partial charge is 0.390 e. The predicted molar refractivity (Wildman–Crippen MR) is 84.6 cm³/mol. The molecule has 6 heteroatoms. The minimum absolute atomic E-state index is 0.0944. The zero-order valence-electron chi connectivity index (χ0n) is 12.3. The molecule has 0 aromatic heterocycles. The number of carbonyl (C=O) groups is 2. The van der Waals surface area contributed by atoms with Crippen molar-refractivity contribution >= 4 is 33.3 Å². The first-order valence-corrected chi connectivity index (χ1v) is 7.57. The first-order valence-electron chi connectivity index (χ1n) is 6.78. The number of anilines is 1. The average molecular weight is 355 g/mol. The number of aliphatic hydroxyl groups is 1. The van der Waals surface area contributed by atoms with Crippen molar-refractivity contribution in [3.05, 3.63) is 28.2 Å². The normalized spacial score (nSPS) is 16.3. The lowest BCUT2D eigenvalue weighted by Gasteiger charge is -2.25. The third-order valence-corrected chi connectivity index (χ3v) is 3.69. The number of carbonyl (C=O) groups excluding carboxylic acids is 2. The number of Topliss-reactive ketones (excluding diaryl/α,β-unsaturated/α-hetero) is 1. The molecule has 5 nitrogen and oxygen atoms in total. The highest BCUT2D eigenvalue weighted by atomic mass is 79.9. The van der Waals surface area contributed by atoms with Crippen LogP contribution in [-0.4, -0.2) is 41.5 Å². The Kier molecular flexibility index (Phi) is 4.51. The second kappa shape index (κ2) is 5.87. The third-order valence-electron chi connectivity index (χ3n) is 3.20. The van der Waals surface area contributed by atoms with Gasteiger partial charge in [0.1, 0.15) is 0 Å². The Morgan fingerprint density at radius 1 is 1.33 bits per heavy atom. The van der Waals surface area contributed by atoms with Gasteiger partial charge in [-0.15, -0.1) is 0 Å². The number of halogens is 1. The SMILES string of the molecule is CC(C)(C)NCC(O)CN1C(=O)C(=O)c2ccc(Br)cc21. The zero-order valence-corrected chi connectivity index (χ0v) is 13.9. The van der Waals surface area contributed by atoms with E-state index >= 15 is 0 Å². The summed E-state index contributed by atoms with van der Waals surface area (Å²) in [6.07, 6.45) is -0.745. The number of nitrogens with one attached hydrogen (secondary N) is 1. The monoisotopic (exact) mass is 354 g/mol. The van der Waals surface area contributed by atoms with E-state index in [1.54, 1.807) is 18.2 Å². The molecule has 1 aromatic carbocycles. The highest BCUT2D eigenvalue weighted by molar-refractivity contribution is 9.10. The molecule has 2 N–H and O–H groups in total. The van der Waals surface area contributed by atoms with Gasteiger partial charge in [-0.3, -0.25) is 9.59 Å². The van der Waals surface area contributed by atoms with Gasteiger partial charge < -0.3 is 15.3 Å². The minimum Gasteiger partial charge on any atom is -0.390 e. The highest BCUT2D eigenvalue weighted by Gasteiger charge is 2.36. The van der Waals surface area contributed by atoms with E-state index in [9.17, 15) is 14.7 Å². The molecule has 1 amide bonds. The van der Waals surface area contributed by atoms with Crippen LogP contribution in [-0.2, 0) is 4.79 Å². The number of fused-ring (bicyclic) bond motifs is 1. The number of β-amino-alcohol motifs (C(OH)–C–C–N with tert-alkyl or cyclic N) is 1. The van der Waals surface area contributed by atoms with E-state index in [1.165, 1.54) is 4.90 Å². The van der Waals surface area contributed by atoms with Crippen LogP contribution < -0.4 is 10.2 Å². The molecule has 0 saturated heterocycles. The fraction of sp³-hybridized carbons (Fsp3) is 0.467. The predicted octanol–water partition coefficient (Wildman–Crippen LogP) is 1.73. The fourth-order valence-corrected chi connectivity index (χ4v) is 2.50. The second-order valence-corrected chi connectivity index (χ2v) is 7.11. The van der Waals surface area contributed by atoms with Gasteiger partial charge in [-0.25, -0.2) is 0 Å². The maximum absolute atomic E-state index is 12.0. The summed E-state index contributed by atoms with van der Waals surface area (Å²) >= 11 is 3.33. The van der Waals surface area contributed by atoms with Crippen molar-refractivity contribution in [3.8, 4) is 0 Å². The number of hydrogen-bond acceptors (Lipinski definition) is 4. The van der Waals surface area contributed by atoms with Crippen LogP contribution in [0.15, 0.2) is 22.7 Å². The summed E-state index contributed by atoms with van der Waals surface area (Å²) in [4.78, 5) is 25.3. The van der Waals surface area contributed by atoms with E-state index in [1.807, 2.05) is 20.8 Å². The molecule has 1 unspecified atom stereocenters. The van der Waals surface area contributed by atoms with Gasteiger partial charge in [-0.05, 0) is 39.0 Å². The van der Waals surface area contributed by atoms with Gasteiger partial charge in [-0.1, -0.05) is 15.9 Å². The Balaban J connectivity index is 2.12. The first-order chi connectivity index (χ1) is 9.69. The molecule has 1 heterocycles. The number of amides is 1. The lowest BCUT2D eigenvalue weighted by atomic mass is 10.1. The number of nitrogens with zero attached hydrogens (tertiary/aromatic N) is 1. The third kappa shape index (κ3) is 3.70. The van der Waals surface area contributed by atoms with Crippen LogP contribution in [0, 0.1) is 0 Å². The summed E-state index contributed by atoms with van der Waals surface area (Å²) in [6, 6.07) is 5.08. The van der Waals surface area contributed by atoms with Gasteiger partial charge in [0.05, 0.1) is 23.9 Å². The standard InChI is InChI=1S/C15H19BrN2O3/c1-15(2,3)17-7-10(19)8-18-12-6-9(16)4-5-11(12)13(20)14(18)21/h4-6,10,17,19H,7-8H2,1-3H3. The first kappa shape index (κ1) is 16.1. The molecule has 0 spiro atoms. The van der Waals surface area contributed by atoms with Crippen LogP contribution in [0.1, 0.15) is 31.1 Å². The molecule has 1 atom stereocenters. The fourth-order valence-electron chi connectivity index (χ4n) is 2.15. The van der Waals surface area contributed by atoms with Gasteiger partial charge >= 0.3 is 0 Å². The van der Waals surface area contributed by atoms with E-state index in [-0.39, 0.29) is 12.1 Å². The van der Waals surface area contributed by atoms with Crippen molar-refractivity contribution in [2.75, 3.05) is 18.0 Å². The number of hydrogen-bond donors (Lipinski definition) is 2. The average Bonchev–Trinajstić information content (AvgIpc) is 2.60. The molecule has 0 saturated carbocycles. The van der Waals surface area contributed by atoms with Crippen molar-refractivity contribution in [2.24, 2.45) is 0 Å². The summed E-state index contributed by atoms with van der Waals surface area (Å²) in [7, 11) is 0. The van der Waals surface area contributed by atoms with Crippen LogP contribution in [0.3, 0.4) is 0 Å². The van der Waals surface area contributed by atoms with E-state index in [2.05, 4.69) is 21.2 Å². The highest BCUT2D eigenvalue weighted by Crippen LogP contribution is 2.31. The van der Waals surface area contributed by atoms with Crippen LogP contribution in [0.5, 0.6) is 0 Å². The Labute approximate surface area is 132 Å². The molecular weight excluding hydrogens is 336 g/mol. The van der Waals surface area contributed by atoms with Gasteiger partial charge in [0, 0.05) is 16.6 Å². The Bertz CT molecular complexity index is 581. The van der Waals surface area contributed by atoms with Crippen molar-refractivity contribution in [1.82, 2.24) is 5.32 Å². The molecule has 21 heavy (non-hydrogen) atoms. The van der Waals surface area contributed by atoms with Gasteiger partial charge in [-0.2, -0.15) is 0 Å². The molecule has 1 aromatic rings. The molecule has 0 bridgehead atoms. The van der Waals surface area contributed by atoms with E-state index < -0.39 is 17.8 Å². The van der Waals surface area contributed by atoms with Crippen molar-refractivity contribution < 1.29 is 14.7 Å². The van der Waals surface area contributed by atoms with E-state index in [0.717, 1.165) is 4.47 Å². The van der Waals surface area contributed by atoms with Crippen LogP contribution in [0.25, 0.3) is 0 Å². The Hall–Kier alpha value is -1.24. The summed E-state index contributed by atoms with van der Waals surface area (Å²) in [5.41, 5.74) is 0.820. The van der Waals surface area contributed by atoms with Crippen LogP contribution >= 0.6 is 15.9 Å². The molecule has 1 aliphatic rings. The van der Waals surface area contributed by atoms with Gasteiger partial charge in [0.15, 0.2) is 0 Å². The molecule has 0 aliphatic carbocycles. The summed E-state index contributed by atoms with van der Waals surface area (Å²) < 4.78 is 0.788. The molecule has 0 radical (unpaired) electrons. The Morgan fingerprint density at radius 3 is 2.62 bits per heavy atom. The molecule has 1 aliphatic heterocycles. The number of benzene rings is 1. The second-order valence-electron chi connectivity index (χ2n) is 6.19. The lowest BCUT2D eigenvalue weighted by molar-refractivity contribution is -0.114. The van der Waals surface area contributed by atoms with Crippen molar-refractivity contribution in [3.63, 3.8) is 0 Å². The van der Waals surface area contributed by atoms with E-state index in [0.29, 0.717) is 17.8 Å². The minimum atomic E-state index is -0.745. The maximum Gasteiger partial charge on any atom is 0.299 e. The number of aliphatic hydroxyl groups excluding tert-OH is 1. The molecular formula is C15H19BrN2O3. The lowest BCUT2D eigenvalue weighted by Crippen LogP contribution is -2.45. The molecule has 0 fully saturated rings. The smallest absolute Gasteiger partial charge is 0.299 e. The zero-order chi connectivity index (χ0) is 15.8. The van der Waals surface area contributed by atoms with E-state index in [4.69, 9.17) is 0 Å². The topological polar surface area (TPSA) is 69.6 Å². The number of rotatable bonds is 4. The maximum atomic E-state index is 12.0. The summed E-state index contributed by atoms with van der Waals surface area (Å²) in [6.45, 7) is 6.44. The van der Waals surface area contributed by atoms with Gasteiger partial charge in [0.25, 0.3) is 11.7 Å². The number of ketones is 1. The van der Waals surface area contributed by atoms with Crippen LogP contribution in [0.4, 0.5) is 5.69 Å². The van der Waals surface area contributed by atoms with Gasteiger partial charge in [0.2, 0.25) is 0 Å². The summed E-state index contributed by atoms with van der Waals surface area (Å²) in [5.74, 6) is -1.11.